The van der Waals surface area contributed by atoms with E-state index in [9.17, 15) is 9.59 Å². The maximum Gasteiger partial charge on any atom is 0.240 e. The Balaban J connectivity index is 2.04. The van der Waals surface area contributed by atoms with Gasteiger partial charge in [0.25, 0.3) is 0 Å². The van der Waals surface area contributed by atoms with Crippen molar-refractivity contribution in [2.24, 2.45) is 0 Å². The van der Waals surface area contributed by atoms with E-state index in [1.807, 2.05) is 0 Å². The number of carbonyl (C=O) groups excluding carboxylic acids is 2. The topological polar surface area (TPSA) is 64.7 Å². The van der Waals surface area contributed by atoms with Gasteiger partial charge in [-0.25, -0.2) is 10.4 Å². The zero-order valence-corrected chi connectivity index (χ0v) is 8.40. The van der Waals surface area contributed by atoms with Gasteiger partial charge in [0.1, 0.15) is 12.7 Å². The van der Waals surface area contributed by atoms with Crippen LogP contribution in [0.15, 0.2) is 12.7 Å². The Labute approximate surface area is 87.9 Å². The van der Waals surface area contributed by atoms with E-state index in [-0.39, 0.29) is 31.1 Å². The van der Waals surface area contributed by atoms with Gasteiger partial charge in [0.05, 0.1) is 13.1 Å². The zero-order valence-electron chi connectivity index (χ0n) is 8.40. The number of piperazine rings is 1. The molecule has 1 unspecified atom stereocenters. The second kappa shape index (κ2) is 4.00. The molecular formula is C9H14N4O2. The van der Waals surface area contributed by atoms with Crippen molar-refractivity contribution < 1.29 is 9.59 Å². The van der Waals surface area contributed by atoms with Gasteiger partial charge in [-0.3, -0.25) is 9.59 Å². The molecule has 2 aliphatic heterocycles. The van der Waals surface area contributed by atoms with Crippen molar-refractivity contribution in [2.45, 2.75) is 6.17 Å². The first-order valence-electron chi connectivity index (χ1n) is 4.89. The highest BCUT2D eigenvalue weighted by molar-refractivity contribution is 5.87. The van der Waals surface area contributed by atoms with Crippen LogP contribution in [0.3, 0.4) is 0 Å². The summed E-state index contributed by atoms with van der Waals surface area (Å²) in [6.45, 7) is 5.13. The van der Waals surface area contributed by atoms with Crippen LogP contribution < -0.4 is 10.7 Å². The van der Waals surface area contributed by atoms with E-state index in [0.29, 0.717) is 13.1 Å². The Morgan fingerprint density at radius 2 is 2.27 bits per heavy atom. The lowest BCUT2D eigenvalue weighted by molar-refractivity contribution is -0.152. The summed E-state index contributed by atoms with van der Waals surface area (Å²) in [6.07, 6.45) is 1.61. The van der Waals surface area contributed by atoms with Crippen molar-refractivity contribution in [3.63, 3.8) is 0 Å². The molecule has 15 heavy (non-hydrogen) atoms. The fraction of sp³-hybridized carbons (Fsp3) is 0.556. The third kappa shape index (κ3) is 2.00. The summed E-state index contributed by atoms with van der Waals surface area (Å²) in [5.74, 6) is -0.117. The molecule has 0 aromatic carbocycles. The number of fused-ring (bicyclic) bond motifs is 1. The average Bonchev–Trinajstić information content (AvgIpc) is 2.20. The molecule has 2 aliphatic rings. The monoisotopic (exact) mass is 210 g/mol. The average molecular weight is 210 g/mol. The Bertz CT molecular complexity index is 304. The first kappa shape index (κ1) is 10.1. The Morgan fingerprint density at radius 3 is 3.00 bits per heavy atom. The summed E-state index contributed by atoms with van der Waals surface area (Å²) in [4.78, 5) is 24.4. The Morgan fingerprint density at radius 1 is 1.47 bits per heavy atom. The molecule has 2 amide bonds. The molecule has 0 aliphatic carbocycles. The van der Waals surface area contributed by atoms with Gasteiger partial charge in [0.15, 0.2) is 0 Å². The molecule has 1 atom stereocenters. The highest BCUT2D eigenvalue weighted by Gasteiger charge is 2.35. The molecule has 2 heterocycles. The van der Waals surface area contributed by atoms with Gasteiger partial charge >= 0.3 is 0 Å². The van der Waals surface area contributed by atoms with Gasteiger partial charge < -0.3 is 10.2 Å². The van der Waals surface area contributed by atoms with E-state index < -0.39 is 0 Å². The van der Waals surface area contributed by atoms with E-state index in [1.165, 1.54) is 0 Å². The summed E-state index contributed by atoms with van der Waals surface area (Å²) in [5.41, 5.74) is 3.16. The highest BCUT2D eigenvalue weighted by Crippen LogP contribution is 2.08. The molecule has 2 fully saturated rings. The van der Waals surface area contributed by atoms with Crippen LogP contribution in [-0.2, 0) is 9.59 Å². The van der Waals surface area contributed by atoms with Crippen molar-refractivity contribution in [3.05, 3.63) is 12.7 Å². The lowest BCUT2D eigenvalue weighted by Crippen LogP contribution is -2.70. The van der Waals surface area contributed by atoms with Gasteiger partial charge in [-0.05, 0) is 0 Å². The minimum absolute atomic E-state index is 0.0181. The van der Waals surface area contributed by atoms with Crippen LogP contribution in [0.4, 0.5) is 0 Å². The van der Waals surface area contributed by atoms with Crippen molar-refractivity contribution >= 4 is 11.8 Å². The third-order valence-corrected chi connectivity index (χ3v) is 2.51. The molecule has 2 N–H and O–H groups in total. The van der Waals surface area contributed by atoms with Gasteiger partial charge in [-0.2, -0.15) is 0 Å². The van der Waals surface area contributed by atoms with Crippen molar-refractivity contribution in [1.29, 1.82) is 0 Å². The van der Waals surface area contributed by atoms with E-state index in [2.05, 4.69) is 17.3 Å². The fourth-order valence-electron chi connectivity index (χ4n) is 1.80. The maximum atomic E-state index is 11.7. The molecule has 6 heteroatoms. The number of rotatable bonds is 2. The third-order valence-electron chi connectivity index (χ3n) is 2.51. The van der Waals surface area contributed by atoms with Crippen molar-refractivity contribution in [1.82, 2.24) is 20.7 Å². The lowest BCUT2D eigenvalue weighted by Gasteiger charge is -2.43. The molecule has 6 nitrogen and oxygen atoms in total. The normalized spacial score (nSPS) is 27.2. The molecule has 0 saturated carbocycles. The van der Waals surface area contributed by atoms with Gasteiger partial charge in [0, 0.05) is 6.54 Å². The largest absolute Gasteiger partial charge is 0.351 e. The van der Waals surface area contributed by atoms with Crippen LogP contribution in [-0.4, -0.2) is 54.1 Å². The van der Waals surface area contributed by atoms with E-state index in [1.54, 1.807) is 16.0 Å². The summed E-state index contributed by atoms with van der Waals surface area (Å²) in [7, 11) is 0. The van der Waals surface area contributed by atoms with Gasteiger partial charge in [-0.1, -0.05) is 6.08 Å². The molecule has 0 radical (unpaired) electrons. The first-order chi connectivity index (χ1) is 7.20. The van der Waals surface area contributed by atoms with Gasteiger partial charge in [-0.15, -0.1) is 6.58 Å². The quantitative estimate of drug-likeness (QED) is 0.532. The molecule has 2 saturated heterocycles. The van der Waals surface area contributed by atoms with Crippen LogP contribution in [0.5, 0.6) is 0 Å². The van der Waals surface area contributed by atoms with Crippen LogP contribution in [0, 0.1) is 0 Å². The summed E-state index contributed by atoms with van der Waals surface area (Å²) < 4.78 is 0. The van der Waals surface area contributed by atoms with E-state index in [4.69, 9.17) is 0 Å². The summed E-state index contributed by atoms with van der Waals surface area (Å²) in [6, 6.07) is 0. The van der Waals surface area contributed by atoms with E-state index in [0.717, 1.165) is 0 Å². The number of hydrogen-bond acceptors (Lipinski definition) is 4. The second-order valence-corrected chi connectivity index (χ2v) is 3.64. The standard InChI is InChI=1S/C9H14N4O2/c1-2-3-12-6-9(15)13-5-8(14)10-4-7(13)11-12/h2,7,11H,1,3-6H2,(H,10,14). The molecule has 2 rings (SSSR count). The minimum Gasteiger partial charge on any atom is -0.351 e. The molecular weight excluding hydrogens is 196 g/mol. The number of nitrogens with zero attached hydrogens (tertiary/aromatic N) is 2. The first-order valence-corrected chi connectivity index (χ1v) is 4.89. The predicted molar refractivity (Wildman–Crippen MR) is 53.4 cm³/mol. The fourth-order valence-corrected chi connectivity index (χ4v) is 1.80. The number of carbonyl (C=O) groups is 2. The SMILES string of the molecule is C=CCN1CC(=O)N2CC(=O)NCC2N1. The second-order valence-electron chi connectivity index (χ2n) is 3.64. The van der Waals surface area contributed by atoms with Crippen LogP contribution in [0.1, 0.15) is 0 Å². The Kier molecular flexibility index (Phi) is 2.70. The highest BCUT2D eigenvalue weighted by atomic mass is 16.2. The number of hydrazine groups is 1. The van der Waals surface area contributed by atoms with Crippen molar-refractivity contribution in [3.8, 4) is 0 Å². The van der Waals surface area contributed by atoms with Crippen molar-refractivity contribution in [2.75, 3.05) is 26.2 Å². The number of hydrogen-bond donors (Lipinski definition) is 2. The molecule has 0 aromatic rings. The van der Waals surface area contributed by atoms with Crippen LogP contribution in [0.2, 0.25) is 0 Å². The Hall–Kier alpha value is -1.40. The summed E-state index contributed by atoms with van der Waals surface area (Å²) >= 11 is 0. The summed E-state index contributed by atoms with van der Waals surface area (Å²) in [5, 5.41) is 4.52. The molecule has 82 valence electrons. The smallest absolute Gasteiger partial charge is 0.240 e. The number of amides is 2. The molecule has 0 aromatic heterocycles. The zero-order chi connectivity index (χ0) is 10.8. The van der Waals surface area contributed by atoms with E-state index >= 15 is 0 Å². The van der Waals surface area contributed by atoms with Gasteiger partial charge in [0.2, 0.25) is 11.8 Å². The molecule has 0 spiro atoms. The lowest BCUT2D eigenvalue weighted by atomic mass is 10.2. The number of nitrogens with one attached hydrogen (secondary N) is 2. The molecule has 0 bridgehead atoms. The predicted octanol–water partition coefficient (Wildman–Crippen LogP) is -1.72. The minimum atomic E-state index is -0.121. The van der Waals surface area contributed by atoms with Crippen LogP contribution in [0.25, 0.3) is 0 Å². The maximum absolute atomic E-state index is 11.7. The van der Waals surface area contributed by atoms with Crippen LogP contribution >= 0.6 is 0 Å².